The maximum atomic E-state index is 12.2. The first-order chi connectivity index (χ1) is 9.47. The predicted molar refractivity (Wildman–Crippen MR) is 81.5 cm³/mol. The number of halogens is 1. The van der Waals surface area contributed by atoms with Crippen molar-refractivity contribution in [3.63, 3.8) is 0 Å². The number of nitrogens with zero attached hydrogens (tertiary/aromatic N) is 2. The molecular formula is C16H17ClN2O. The third-order valence-electron chi connectivity index (χ3n) is 3.94. The van der Waals surface area contributed by atoms with Gasteiger partial charge in [-0.1, -0.05) is 11.6 Å². The number of carbonyl (C=O) groups excluding carboxylic acids is 1. The van der Waals surface area contributed by atoms with E-state index in [1.165, 1.54) is 0 Å². The summed E-state index contributed by atoms with van der Waals surface area (Å²) in [5.41, 5.74) is 4.86. The Morgan fingerprint density at radius 1 is 1.40 bits per heavy atom. The summed E-state index contributed by atoms with van der Waals surface area (Å²) in [7, 11) is 2.07. The fourth-order valence-corrected chi connectivity index (χ4v) is 3.28. The average molecular weight is 289 g/mol. The Hall–Kier alpha value is -1.45. The number of aromatic nitrogens is 1. The fourth-order valence-electron chi connectivity index (χ4n) is 3.01. The van der Waals surface area contributed by atoms with Gasteiger partial charge in [0.05, 0.1) is 5.52 Å². The molecule has 3 rings (SSSR count). The van der Waals surface area contributed by atoms with Crippen molar-refractivity contribution in [3.05, 3.63) is 39.5 Å². The van der Waals surface area contributed by atoms with E-state index in [1.54, 1.807) is 6.92 Å². The minimum atomic E-state index is 0.0885. The van der Waals surface area contributed by atoms with Crippen LogP contribution in [-0.4, -0.2) is 29.3 Å². The molecule has 3 nitrogen and oxygen atoms in total. The molecule has 1 aromatic heterocycles. The number of carbonyl (C=O) groups is 1. The highest BCUT2D eigenvalue weighted by Gasteiger charge is 2.23. The van der Waals surface area contributed by atoms with Gasteiger partial charge in [0.25, 0.3) is 0 Å². The Labute approximate surface area is 123 Å². The average Bonchev–Trinajstić information content (AvgIpc) is 2.36. The van der Waals surface area contributed by atoms with Crippen molar-refractivity contribution in [2.45, 2.75) is 26.8 Å². The molecule has 104 valence electrons. The van der Waals surface area contributed by atoms with Gasteiger partial charge in [-0.15, -0.1) is 0 Å². The van der Waals surface area contributed by atoms with E-state index in [0.29, 0.717) is 5.02 Å². The van der Waals surface area contributed by atoms with E-state index in [9.17, 15) is 4.79 Å². The molecule has 0 unspecified atom stereocenters. The van der Waals surface area contributed by atoms with Crippen LogP contribution in [0.5, 0.6) is 0 Å². The van der Waals surface area contributed by atoms with Gasteiger partial charge in [-0.3, -0.25) is 9.78 Å². The molecule has 1 aromatic carbocycles. The van der Waals surface area contributed by atoms with Crippen LogP contribution < -0.4 is 0 Å². The van der Waals surface area contributed by atoms with Crippen molar-refractivity contribution in [1.29, 1.82) is 0 Å². The van der Waals surface area contributed by atoms with Gasteiger partial charge in [0, 0.05) is 41.2 Å². The van der Waals surface area contributed by atoms with Crippen LogP contribution in [0.1, 0.15) is 34.1 Å². The van der Waals surface area contributed by atoms with Crippen LogP contribution in [0.3, 0.4) is 0 Å². The third kappa shape index (κ3) is 2.11. The lowest BCUT2D eigenvalue weighted by Gasteiger charge is -2.27. The summed E-state index contributed by atoms with van der Waals surface area (Å²) in [6.07, 6.45) is 0.893. The van der Waals surface area contributed by atoms with Crippen LogP contribution >= 0.6 is 11.6 Å². The number of aryl methyl sites for hydroxylation is 1. The number of hydrogen-bond donors (Lipinski definition) is 0. The first kappa shape index (κ1) is 13.5. The highest BCUT2D eigenvalue weighted by molar-refractivity contribution is 6.31. The number of ketones is 1. The van der Waals surface area contributed by atoms with E-state index in [2.05, 4.69) is 11.9 Å². The second kappa shape index (κ2) is 4.83. The Bertz CT molecular complexity index is 724. The van der Waals surface area contributed by atoms with Gasteiger partial charge in [0.2, 0.25) is 0 Å². The van der Waals surface area contributed by atoms with Crippen molar-refractivity contribution in [2.75, 3.05) is 13.6 Å². The summed E-state index contributed by atoms with van der Waals surface area (Å²) in [6.45, 7) is 5.38. The van der Waals surface area contributed by atoms with Gasteiger partial charge in [-0.05, 0) is 44.2 Å². The SMILES string of the molecule is CC(=O)c1c2c(nc3c(C)cc(Cl)cc13)CCN(C)C2. The van der Waals surface area contributed by atoms with Crippen molar-refractivity contribution in [3.8, 4) is 0 Å². The molecule has 0 saturated heterocycles. The Balaban J connectivity index is 2.42. The lowest BCUT2D eigenvalue weighted by Crippen LogP contribution is -2.29. The molecule has 1 aliphatic rings. The second-order valence-electron chi connectivity index (χ2n) is 5.57. The summed E-state index contributed by atoms with van der Waals surface area (Å²) in [6, 6.07) is 3.77. The molecule has 2 heterocycles. The minimum absolute atomic E-state index is 0.0885. The second-order valence-corrected chi connectivity index (χ2v) is 6.01. The zero-order chi connectivity index (χ0) is 14.4. The van der Waals surface area contributed by atoms with E-state index in [0.717, 1.165) is 52.8 Å². The lowest BCUT2D eigenvalue weighted by molar-refractivity contribution is 0.101. The molecule has 0 amide bonds. The molecule has 2 aromatic rings. The quantitative estimate of drug-likeness (QED) is 0.754. The Kier molecular flexibility index (Phi) is 3.27. The molecule has 0 fully saturated rings. The number of hydrogen-bond acceptors (Lipinski definition) is 3. The standard InChI is InChI=1S/C16H17ClN2O/c1-9-6-11(17)7-12-15(10(2)20)13-8-19(3)5-4-14(13)18-16(9)12/h6-7H,4-5,8H2,1-3H3. The monoisotopic (exact) mass is 288 g/mol. The molecule has 0 saturated carbocycles. The van der Waals surface area contributed by atoms with Crippen LogP contribution in [0.15, 0.2) is 12.1 Å². The molecule has 0 radical (unpaired) electrons. The fraction of sp³-hybridized carbons (Fsp3) is 0.375. The predicted octanol–water partition coefficient (Wildman–Crippen LogP) is 3.39. The van der Waals surface area contributed by atoms with Crippen molar-refractivity contribution < 1.29 is 4.79 Å². The van der Waals surface area contributed by atoms with Gasteiger partial charge in [-0.2, -0.15) is 0 Å². The number of rotatable bonds is 1. The molecule has 0 N–H and O–H groups in total. The molecule has 20 heavy (non-hydrogen) atoms. The van der Waals surface area contributed by atoms with Crippen molar-refractivity contribution >= 4 is 28.3 Å². The summed E-state index contributed by atoms with van der Waals surface area (Å²) >= 11 is 6.16. The molecule has 0 spiro atoms. The van der Waals surface area contributed by atoms with E-state index in [-0.39, 0.29) is 5.78 Å². The Morgan fingerprint density at radius 2 is 2.15 bits per heavy atom. The highest BCUT2D eigenvalue weighted by Crippen LogP contribution is 2.31. The van der Waals surface area contributed by atoms with E-state index in [1.807, 2.05) is 19.1 Å². The van der Waals surface area contributed by atoms with Crippen LogP contribution in [0.2, 0.25) is 5.02 Å². The number of likely N-dealkylation sites (N-methyl/N-ethyl adjacent to an activating group) is 1. The van der Waals surface area contributed by atoms with Gasteiger partial charge in [0.1, 0.15) is 0 Å². The number of fused-ring (bicyclic) bond motifs is 2. The maximum absolute atomic E-state index is 12.2. The summed E-state index contributed by atoms with van der Waals surface area (Å²) in [4.78, 5) is 19.2. The van der Waals surface area contributed by atoms with Crippen molar-refractivity contribution in [1.82, 2.24) is 9.88 Å². The van der Waals surface area contributed by atoms with Gasteiger partial charge < -0.3 is 4.90 Å². The number of Topliss-reactive ketones (excluding diaryl/α,β-unsaturated/α-hetero) is 1. The first-order valence-corrected chi connectivity index (χ1v) is 7.16. The van der Waals surface area contributed by atoms with E-state index < -0.39 is 0 Å². The summed E-state index contributed by atoms with van der Waals surface area (Å²) < 4.78 is 0. The largest absolute Gasteiger partial charge is 0.302 e. The lowest BCUT2D eigenvalue weighted by atomic mass is 9.93. The maximum Gasteiger partial charge on any atom is 0.160 e. The normalized spacial score (nSPS) is 15.4. The zero-order valence-electron chi connectivity index (χ0n) is 12.0. The van der Waals surface area contributed by atoms with Gasteiger partial charge >= 0.3 is 0 Å². The van der Waals surface area contributed by atoms with Crippen LogP contribution in [-0.2, 0) is 13.0 Å². The third-order valence-corrected chi connectivity index (χ3v) is 4.16. The van der Waals surface area contributed by atoms with E-state index in [4.69, 9.17) is 16.6 Å². The minimum Gasteiger partial charge on any atom is -0.302 e. The van der Waals surface area contributed by atoms with Crippen LogP contribution in [0, 0.1) is 6.92 Å². The topological polar surface area (TPSA) is 33.2 Å². The van der Waals surface area contributed by atoms with Crippen LogP contribution in [0.4, 0.5) is 0 Å². The Morgan fingerprint density at radius 3 is 2.85 bits per heavy atom. The van der Waals surface area contributed by atoms with Gasteiger partial charge in [0.15, 0.2) is 5.78 Å². The number of pyridine rings is 1. The molecule has 0 aliphatic carbocycles. The molecule has 1 aliphatic heterocycles. The smallest absolute Gasteiger partial charge is 0.160 e. The van der Waals surface area contributed by atoms with E-state index >= 15 is 0 Å². The highest BCUT2D eigenvalue weighted by atomic mass is 35.5. The molecule has 0 atom stereocenters. The molecular weight excluding hydrogens is 272 g/mol. The summed E-state index contributed by atoms with van der Waals surface area (Å²) in [5.74, 6) is 0.0885. The zero-order valence-corrected chi connectivity index (χ0v) is 12.7. The van der Waals surface area contributed by atoms with Crippen LogP contribution in [0.25, 0.3) is 10.9 Å². The molecule has 0 bridgehead atoms. The van der Waals surface area contributed by atoms with Gasteiger partial charge in [-0.25, -0.2) is 0 Å². The first-order valence-electron chi connectivity index (χ1n) is 6.78. The summed E-state index contributed by atoms with van der Waals surface area (Å²) in [5, 5.41) is 1.54. The molecule has 4 heteroatoms. The number of benzene rings is 1. The van der Waals surface area contributed by atoms with Crippen molar-refractivity contribution in [2.24, 2.45) is 0 Å².